The van der Waals surface area contributed by atoms with E-state index in [0.717, 1.165) is 0 Å². The Morgan fingerprint density at radius 2 is 1.90 bits per heavy atom. The van der Waals surface area contributed by atoms with E-state index in [2.05, 4.69) is 15.0 Å². The second-order valence-corrected chi connectivity index (χ2v) is 5.37. The maximum Gasteiger partial charge on any atom is 0.179 e. The molecule has 2 aromatic heterocycles. The quantitative estimate of drug-likeness (QED) is 0.695. The first-order chi connectivity index (χ1) is 9.54. The number of nitrogens with zero attached hydrogens (tertiary/aromatic N) is 2. The summed E-state index contributed by atoms with van der Waals surface area (Å²) in [4.78, 5) is 11.3. The minimum absolute atomic E-state index is 0.182. The van der Waals surface area contributed by atoms with Gasteiger partial charge in [-0.1, -0.05) is 40.9 Å². The Balaban J connectivity index is 2.03. The van der Waals surface area contributed by atoms with Gasteiger partial charge < -0.3 is 4.98 Å². The SMILES string of the molecule is Fc1cccc(Cl)c1Cc1nc2nc(Cl)c(Cl)cc2[nH]1. The number of imidazole rings is 1. The number of aromatic nitrogens is 3. The van der Waals surface area contributed by atoms with Crippen LogP contribution in [0.5, 0.6) is 0 Å². The third-order valence-corrected chi connectivity index (χ3v) is 3.87. The van der Waals surface area contributed by atoms with Crippen LogP contribution in [0.4, 0.5) is 4.39 Å². The molecule has 3 aromatic rings. The van der Waals surface area contributed by atoms with E-state index in [1.807, 2.05) is 0 Å². The Hall–Kier alpha value is -1.36. The molecule has 0 atom stereocenters. The van der Waals surface area contributed by atoms with Gasteiger partial charge in [0.05, 0.1) is 10.5 Å². The van der Waals surface area contributed by atoms with E-state index in [1.54, 1.807) is 18.2 Å². The molecule has 0 aliphatic heterocycles. The van der Waals surface area contributed by atoms with Crippen molar-refractivity contribution < 1.29 is 4.39 Å². The van der Waals surface area contributed by atoms with Gasteiger partial charge in [0.2, 0.25) is 0 Å². The van der Waals surface area contributed by atoms with Crippen molar-refractivity contribution in [1.82, 2.24) is 15.0 Å². The molecule has 0 radical (unpaired) electrons. The fourth-order valence-electron chi connectivity index (χ4n) is 1.90. The Morgan fingerprint density at radius 3 is 2.65 bits per heavy atom. The molecule has 1 N–H and O–H groups in total. The maximum absolute atomic E-state index is 13.7. The van der Waals surface area contributed by atoms with E-state index in [-0.39, 0.29) is 17.4 Å². The number of hydrogen-bond acceptors (Lipinski definition) is 2. The molecule has 20 heavy (non-hydrogen) atoms. The normalized spacial score (nSPS) is 11.2. The third kappa shape index (κ3) is 2.46. The molecule has 0 spiro atoms. The summed E-state index contributed by atoms with van der Waals surface area (Å²) in [6, 6.07) is 6.18. The zero-order chi connectivity index (χ0) is 14.3. The Kier molecular flexibility index (Phi) is 3.54. The summed E-state index contributed by atoms with van der Waals surface area (Å²) >= 11 is 17.7. The summed E-state index contributed by atoms with van der Waals surface area (Å²) < 4.78 is 13.7. The number of fused-ring (bicyclic) bond motifs is 1. The van der Waals surface area contributed by atoms with E-state index in [9.17, 15) is 4.39 Å². The second kappa shape index (κ2) is 5.20. The number of H-pyrrole nitrogens is 1. The third-order valence-electron chi connectivity index (χ3n) is 2.84. The van der Waals surface area contributed by atoms with E-state index in [1.165, 1.54) is 6.07 Å². The van der Waals surface area contributed by atoms with Crippen LogP contribution in [0.1, 0.15) is 11.4 Å². The van der Waals surface area contributed by atoms with Gasteiger partial charge in [-0.3, -0.25) is 0 Å². The highest BCUT2D eigenvalue weighted by Gasteiger charge is 2.12. The highest BCUT2D eigenvalue weighted by molar-refractivity contribution is 6.41. The van der Waals surface area contributed by atoms with Gasteiger partial charge in [-0.15, -0.1) is 0 Å². The monoisotopic (exact) mass is 329 g/mol. The molecule has 0 saturated heterocycles. The van der Waals surface area contributed by atoms with Crippen molar-refractivity contribution in [3.63, 3.8) is 0 Å². The fraction of sp³-hybridized carbons (Fsp3) is 0.0769. The molecule has 0 saturated carbocycles. The Morgan fingerprint density at radius 1 is 1.10 bits per heavy atom. The molecule has 0 aliphatic carbocycles. The largest absolute Gasteiger partial charge is 0.340 e. The van der Waals surface area contributed by atoms with Crippen molar-refractivity contribution in [2.24, 2.45) is 0 Å². The van der Waals surface area contributed by atoms with Crippen LogP contribution >= 0.6 is 34.8 Å². The lowest BCUT2D eigenvalue weighted by atomic mass is 10.1. The summed E-state index contributed by atoms with van der Waals surface area (Å²) in [6.07, 6.45) is 0.233. The fourth-order valence-corrected chi connectivity index (χ4v) is 2.41. The first-order valence-electron chi connectivity index (χ1n) is 5.68. The van der Waals surface area contributed by atoms with E-state index in [4.69, 9.17) is 34.8 Å². The molecule has 0 unspecified atom stereocenters. The van der Waals surface area contributed by atoms with Gasteiger partial charge >= 0.3 is 0 Å². The van der Waals surface area contributed by atoms with E-state index >= 15 is 0 Å². The van der Waals surface area contributed by atoms with Crippen LogP contribution in [-0.4, -0.2) is 15.0 Å². The van der Waals surface area contributed by atoms with Crippen molar-refractivity contribution in [3.8, 4) is 0 Å². The summed E-state index contributed by atoms with van der Waals surface area (Å²) in [7, 11) is 0. The van der Waals surface area contributed by atoms with Crippen molar-refractivity contribution >= 4 is 46.0 Å². The van der Waals surface area contributed by atoms with Gasteiger partial charge in [-0.25, -0.2) is 14.4 Å². The van der Waals surface area contributed by atoms with Crippen molar-refractivity contribution in [3.05, 3.63) is 56.7 Å². The number of benzene rings is 1. The van der Waals surface area contributed by atoms with Crippen molar-refractivity contribution in [1.29, 1.82) is 0 Å². The van der Waals surface area contributed by atoms with Crippen LogP contribution in [0.3, 0.4) is 0 Å². The van der Waals surface area contributed by atoms with Crippen LogP contribution in [0.2, 0.25) is 15.2 Å². The van der Waals surface area contributed by atoms with Crippen molar-refractivity contribution in [2.45, 2.75) is 6.42 Å². The molecule has 2 heterocycles. The van der Waals surface area contributed by atoms with Crippen LogP contribution in [-0.2, 0) is 6.42 Å². The molecular formula is C13H7Cl3FN3. The second-order valence-electron chi connectivity index (χ2n) is 4.19. The average Bonchev–Trinajstić information content (AvgIpc) is 2.76. The van der Waals surface area contributed by atoms with Gasteiger partial charge in [0, 0.05) is 17.0 Å². The Labute approximate surface area is 128 Å². The lowest BCUT2D eigenvalue weighted by molar-refractivity contribution is 0.612. The summed E-state index contributed by atoms with van der Waals surface area (Å²) in [5.74, 6) is 0.166. The summed E-state index contributed by atoms with van der Waals surface area (Å²) in [5.41, 5.74) is 1.45. The molecule has 3 rings (SSSR count). The van der Waals surface area contributed by atoms with Crippen LogP contribution in [0, 0.1) is 5.82 Å². The molecule has 1 aromatic carbocycles. The predicted molar refractivity (Wildman–Crippen MR) is 78.1 cm³/mol. The molecule has 0 bridgehead atoms. The smallest absolute Gasteiger partial charge is 0.179 e. The zero-order valence-corrected chi connectivity index (χ0v) is 12.2. The summed E-state index contributed by atoms with van der Waals surface area (Å²) in [5, 5.41) is 0.869. The van der Waals surface area contributed by atoms with Crippen LogP contribution in [0.15, 0.2) is 24.3 Å². The molecule has 3 nitrogen and oxygen atoms in total. The first-order valence-corrected chi connectivity index (χ1v) is 6.81. The standard InChI is InChI=1S/C13H7Cl3FN3/c14-7-2-1-3-9(17)6(7)4-11-18-10-5-8(15)12(16)20-13(10)19-11/h1-3,5H,4H2,(H,18,19,20). The van der Waals surface area contributed by atoms with Crippen LogP contribution < -0.4 is 0 Å². The molecule has 7 heteroatoms. The minimum Gasteiger partial charge on any atom is -0.340 e. The molecule has 102 valence electrons. The lowest BCUT2D eigenvalue weighted by Crippen LogP contribution is -1.95. The molecule has 0 aliphatic rings. The van der Waals surface area contributed by atoms with Gasteiger partial charge in [0.15, 0.2) is 5.65 Å². The van der Waals surface area contributed by atoms with E-state index in [0.29, 0.717) is 32.6 Å². The molecule has 0 amide bonds. The first kappa shape index (κ1) is 13.6. The number of pyridine rings is 1. The molecular weight excluding hydrogens is 324 g/mol. The number of hydrogen-bond donors (Lipinski definition) is 1. The van der Waals surface area contributed by atoms with Gasteiger partial charge in [-0.05, 0) is 18.2 Å². The van der Waals surface area contributed by atoms with E-state index < -0.39 is 0 Å². The maximum atomic E-state index is 13.7. The van der Waals surface area contributed by atoms with Crippen molar-refractivity contribution in [2.75, 3.05) is 0 Å². The number of rotatable bonds is 2. The highest BCUT2D eigenvalue weighted by atomic mass is 35.5. The topological polar surface area (TPSA) is 41.6 Å². The summed E-state index contributed by atoms with van der Waals surface area (Å²) in [6.45, 7) is 0. The lowest BCUT2D eigenvalue weighted by Gasteiger charge is -2.02. The predicted octanol–water partition coefficient (Wildman–Crippen LogP) is 4.65. The van der Waals surface area contributed by atoms with Gasteiger partial charge in [-0.2, -0.15) is 0 Å². The number of halogens is 4. The minimum atomic E-state index is -0.373. The van der Waals surface area contributed by atoms with Gasteiger partial charge in [0.25, 0.3) is 0 Å². The number of aromatic amines is 1. The molecule has 0 fully saturated rings. The number of nitrogens with one attached hydrogen (secondary N) is 1. The Bertz CT molecular complexity index is 742. The highest BCUT2D eigenvalue weighted by Crippen LogP contribution is 2.25. The van der Waals surface area contributed by atoms with Gasteiger partial charge in [0.1, 0.15) is 16.8 Å². The zero-order valence-electron chi connectivity index (χ0n) is 9.92. The van der Waals surface area contributed by atoms with Crippen LogP contribution in [0.25, 0.3) is 11.2 Å². The average molecular weight is 331 g/mol.